The molecule has 0 bridgehead atoms. The Hall–Kier alpha value is -2.40. The number of nitrogens with two attached hydrogens (primary N) is 2. The standard InChI is InChI=1S/C21H33BN4O5/c23-10-11-26(14-15(12-20(27)28)4-3-9-22(30)31)21(29)18(24)8-7-16-13-25-19-6-2-1-5-17(16)19/h1-2,5-6,13,15,18,25,30-31H,3-4,7-12,14,23-24H2,(H,27,28)/t15?,18-/m0/s1. The normalized spacial score (nSPS) is 13.2. The van der Waals surface area contributed by atoms with Crippen LogP contribution in [0.5, 0.6) is 0 Å². The minimum atomic E-state index is -1.43. The van der Waals surface area contributed by atoms with Gasteiger partial charge in [0.1, 0.15) is 0 Å². The number of aromatic amines is 1. The highest BCUT2D eigenvalue weighted by Gasteiger charge is 2.25. The maximum Gasteiger partial charge on any atom is 0.451 e. The molecule has 10 heteroatoms. The van der Waals surface area contributed by atoms with Crippen LogP contribution < -0.4 is 11.5 Å². The summed E-state index contributed by atoms with van der Waals surface area (Å²) in [6.45, 7) is 0.763. The highest BCUT2D eigenvalue weighted by atomic mass is 16.4. The fourth-order valence-electron chi connectivity index (χ4n) is 3.86. The van der Waals surface area contributed by atoms with Crippen LogP contribution >= 0.6 is 0 Å². The molecule has 0 aliphatic rings. The van der Waals surface area contributed by atoms with Crippen molar-refractivity contribution < 1.29 is 24.7 Å². The van der Waals surface area contributed by atoms with Gasteiger partial charge >= 0.3 is 13.1 Å². The van der Waals surface area contributed by atoms with E-state index in [1.165, 1.54) is 0 Å². The maximum absolute atomic E-state index is 13.0. The molecule has 9 nitrogen and oxygen atoms in total. The number of amides is 1. The number of benzene rings is 1. The van der Waals surface area contributed by atoms with E-state index in [1.54, 1.807) is 4.90 Å². The molecule has 1 aromatic carbocycles. The first-order valence-corrected chi connectivity index (χ1v) is 10.7. The smallest absolute Gasteiger partial charge is 0.451 e. The van der Waals surface area contributed by atoms with E-state index in [1.807, 2.05) is 30.5 Å². The molecule has 0 saturated heterocycles. The van der Waals surface area contributed by atoms with Gasteiger partial charge in [-0.15, -0.1) is 0 Å². The van der Waals surface area contributed by atoms with Gasteiger partial charge in [0.15, 0.2) is 0 Å². The molecule has 0 radical (unpaired) electrons. The van der Waals surface area contributed by atoms with E-state index < -0.39 is 19.1 Å². The van der Waals surface area contributed by atoms with Crippen LogP contribution in [-0.4, -0.2) is 69.7 Å². The summed E-state index contributed by atoms with van der Waals surface area (Å²) in [5.41, 5.74) is 14.0. The van der Waals surface area contributed by atoms with Gasteiger partial charge < -0.3 is 36.5 Å². The molecule has 2 atom stereocenters. The first kappa shape index (κ1) is 24.9. The number of rotatable bonds is 14. The third-order valence-electron chi connectivity index (χ3n) is 5.44. The zero-order chi connectivity index (χ0) is 22.8. The van der Waals surface area contributed by atoms with E-state index in [4.69, 9.17) is 21.5 Å². The summed E-state index contributed by atoms with van der Waals surface area (Å²) < 4.78 is 0. The number of carbonyl (C=O) groups excluding carboxylic acids is 1. The largest absolute Gasteiger partial charge is 0.481 e. The molecule has 1 heterocycles. The number of aromatic nitrogens is 1. The molecule has 2 aromatic rings. The lowest BCUT2D eigenvalue weighted by Gasteiger charge is -2.29. The van der Waals surface area contributed by atoms with Crippen molar-refractivity contribution in [3.63, 3.8) is 0 Å². The first-order valence-electron chi connectivity index (χ1n) is 10.7. The molecule has 1 aromatic heterocycles. The van der Waals surface area contributed by atoms with Crippen LogP contribution in [0.2, 0.25) is 6.32 Å². The number of carboxylic acids is 1. The molecule has 31 heavy (non-hydrogen) atoms. The highest BCUT2D eigenvalue weighted by molar-refractivity contribution is 6.40. The number of hydrogen-bond donors (Lipinski definition) is 6. The summed E-state index contributed by atoms with van der Waals surface area (Å²) in [6.07, 6.45) is 3.99. The minimum Gasteiger partial charge on any atom is -0.481 e. The fraction of sp³-hybridized carbons (Fsp3) is 0.524. The number of aryl methyl sites for hydroxylation is 1. The third kappa shape index (κ3) is 7.99. The summed E-state index contributed by atoms with van der Waals surface area (Å²) in [5.74, 6) is -1.52. The maximum atomic E-state index is 13.0. The Kier molecular flexibility index (Phi) is 9.99. The zero-order valence-corrected chi connectivity index (χ0v) is 17.7. The summed E-state index contributed by atoms with van der Waals surface area (Å²) in [4.78, 5) is 29.0. The number of carboxylic acid groups (broad SMARTS) is 1. The van der Waals surface area contributed by atoms with E-state index in [9.17, 15) is 14.7 Å². The lowest BCUT2D eigenvalue weighted by atomic mass is 9.81. The van der Waals surface area contributed by atoms with Gasteiger partial charge in [0.25, 0.3) is 0 Å². The Balaban J connectivity index is 1.98. The van der Waals surface area contributed by atoms with E-state index in [2.05, 4.69) is 4.98 Å². The zero-order valence-electron chi connectivity index (χ0n) is 17.7. The molecular formula is C21H33BN4O5. The Morgan fingerprint density at radius 2 is 1.94 bits per heavy atom. The Labute approximate surface area is 182 Å². The van der Waals surface area contributed by atoms with Gasteiger partial charge in [0, 0.05) is 43.2 Å². The fourth-order valence-corrected chi connectivity index (χ4v) is 3.86. The van der Waals surface area contributed by atoms with Gasteiger partial charge in [-0.1, -0.05) is 24.6 Å². The molecule has 170 valence electrons. The number of aliphatic carboxylic acids is 1. The van der Waals surface area contributed by atoms with Crippen LogP contribution in [0.4, 0.5) is 0 Å². The molecule has 0 fully saturated rings. The number of nitrogens with one attached hydrogen (secondary N) is 1. The van der Waals surface area contributed by atoms with Crippen molar-refractivity contribution in [1.29, 1.82) is 0 Å². The van der Waals surface area contributed by atoms with Gasteiger partial charge in [-0.2, -0.15) is 0 Å². The molecular weight excluding hydrogens is 399 g/mol. The molecule has 2 rings (SSSR count). The van der Waals surface area contributed by atoms with Crippen molar-refractivity contribution in [1.82, 2.24) is 9.88 Å². The predicted molar refractivity (Wildman–Crippen MR) is 120 cm³/mol. The lowest BCUT2D eigenvalue weighted by Crippen LogP contribution is -2.47. The molecule has 0 spiro atoms. The second-order valence-corrected chi connectivity index (χ2v) is 7.95. The number of carbonyl (C=O) groups is 2. The number of para-hydroxylation sites is 1. The van der Waals surface area contributed by atoms with Crippen LogP contribution in [0.15, 0.2) is 30.5 Å². The van der Waals surface area contributed by atoms with Gasteiger partial charge in [0.2, 0.25) is 5.91 Å². The molecule has 1 amide bonds. The second-order valence-electron chi connectivity index (χ2n) is 7.95. The summed E-state index contributed by atoms with van der Waals surface area (Å²) in [7, 11) is -1.43. The van der Waals surface area contributed by atoms with Crippen molar-refractivity contribution in [3.8, 4) is 0 Å². The summed E-state index contributed by atoms with van der Waals surface area (Å²) in [6, 6.07) is 7.22. The van der Waals surface area contributed by atoms with Gasteiger partial charge in [-0.3, -0.25) is 9.59 Å². The SMILES string of the molecule is NCCN(CC(CCCB(O)O)CC(=O)O)C(=O)[C@@H](N)CCc1c[nH]c2ccccc12. The average Bonchev–Trinajstić information content (AvgIpc) is 3.13. The third-order valence-corrected chi connectivity index (χ3v) is 5.44. The summed E-state index contributed by atoms with van der Waals surface area (Å²) in [5, 5.41) is 28.3. The van der Waals surface area contributed by atoms with Gasteiger partial charge in [-0.05, 0) is 43.1 Å². The van der Waals surface area contributed by atoms with E-state index in [0.717, 1.165) is 16.5 Å². The van der Waals surface area contributed by atoms with Crippen LogP contribution in [0.3, 0.4) is 0 Å². The number of H-pyrrole nitrogens is 1. The second kappa shape index (κ2) is 12.5. The first-order chi connectivity index (χ1) is 14.8. The van der Waals surface area contributed by atoms with Crippen molar-refractivity contribution in [2.24, 2.45) is 17.4 Å². The highest BCUT2D eigenvalue weighted by Crippen LogP contribution is 2.20. The molecule has 8 N–H and O–H groups in total. The van der Waals surface area contributed by atoms with Crippen LogP contribution in [0.25, 0.3) is 10.9 Å². The number of hydrogen-bond acceptors (Lipinski definition) is 6. The van der Waals surface area contributed by atoms with Crippen molar-refractivity contribution >= 4 is 29.9 Å². The Morgan fingerprint density at radius 1 is 1.19 bits per heavy atom. The molecule has 0 saturated carbocycles. The Bertz CT molecular complexity index is 844. The number of nitrogens with zero attached hydrogens (tertiary/aromatic N) is 1. The number of fused-ring (bicyclic) bond motifs is 1. The van der Waals surface area contributed by atoms with Crippen molar-refractivity contribution in [3.05, 3.63) is 36.0 Å². The quantitative estimate of drug-likeness (QED) is 0.237. The van der Waals surface area contributed by atoms with Crippen molar-refractivity contribution in [2.45, 2.75) is 44.5 Å². The van der Waals surface area contributed by atoms with Gasteiger partial charge in [0.05, 0.1) is 6.04 Å². The topological polar surface area (TPSA) is 166 Å². The van der Waals surface area contributed by atoms with Crippen molar-refractivity contribution in [2.75, 3.05) is 19.6 Å². The average molecular weight is 432 g/mol. The molecule has 0 aliphatic heterocycles. The monoisotopic (exact) mass is 432 g/mol. The van der Waals surface area contributed by atoms with Crippen LogP contribution in [0.1, 0.15) is 31.2 Å². The van der Waals surface area contributed by atoms with Crippen LogP contribution in [-0.2, 0) is 16.0 Å². The summed E-state index contributed by atoms with van der Waals surface area (Å²) >= 11 is 0. The molecule has 1 unspecified atom stereocenters. The predicted octanol–water partition coefficient (Wildman–Crippen LogP) is 0.559. The van der Waals surface area contributed by atoms with E-state index in [-0.39, 0.29) is 37.7 Å². The van der Waals surface area contributed by atoms with Crippen LogP contribution in [0, 0.1) is 5.92 Å². The Morgan fingerprint density at radius 3 is 2.61 bits per heavy atom. The minimum absolute atomic E-state index is 0.111. The van der Waals surface area contributed by atoms with Gasteiger partial charge in [-0.25, -0.2) is 0 Å². The van der Waals surface area contributed by atoms with E-state index >= 15 is 0 Å². The van der Waals surface area contributed by atoms with E-state index in [0.29, 0.717) is 32.2 Å². The molecule has 0 aliphatic carbocycles. The lowest BCUT2D eigenvalue weighted by molar-refractivity contribution is -0.140.